The maximum absolute atomic E-state index is 12.4. The van der Waals surface area contributed by atoms with E-state index in [1.807, 2.05) is 11.8 Å². The molecule has 0 amide bonds. The number of nitrogens with one attached hydrogen (secondary N) is 1. The van der Waals surface area contributed by atoms with Gasteiger partial charge in [-0.05, 0) is 32.9 Å². The fourth-order valence-electron chi connectivity index (χ4n) is 3.43. The second-order valence-electron chi connectivity index (χ2n) is 5.71. The van der Waals surface area contributed by atoms with Crippen molar-refractivity contribution < 1.29 is 13.9 Å². The SMILES string of the molecule is CC(O)C1(N2CCN(CC(F)F)CC2)CCNCC1. The number of alkyl halides is 2. The third-order valence-corrected chi connectivity index (χ3v) is 4.65. The van der Waals surface area contributed by atoms with Crippen molar-refractivity contribution in [3.05, 3.63) is 0 Å². The molecule has 6 heteroatoms. The molecule has 0 spiro atoms. The smallest absolute Gasteiger partial charge is 0.251 e. The van der Waals surface area contributed by atoms with Crippen LogP contribution in [0.25, 0.3) is 0 Å². The monoisotopic (exact) mass is 277 g/mol. The molecule has 1 atom stereocenters. The molecule has 2 N–H and O–H groups in total. The lowest BCUT2D eigenvalue weighted by Gasteiger charge is -2.51. The summed E-state index contributed by atoms with van der Waals surface area (Å²) in [6, 6.07) is 0. The molecule has 2 heterocycles. The van der Waals surface area contributed by atoms with Gasteiger partial charge in [-0.1, -0.05) is 0 Å². The van der Waals surface area contributed by atoms with Crippen molar-refractivity contribution in [1.29, 1.82) is 0 Å². The van der Waals surface area contributed by atoms with E-state index in [1.54, 1.807) is 0 Å². The molecule has 2 rings (SSSR count). The molecule has 0 bridgehead atoms. The van der Waals surface area contributed by atoms with Gasteiger partial charge in [0.05, 0.1) is 12.6 Å². The maximum atomic E-state index is 12.4. The van der Waals surface area contributed by atoms with Crippen LogP contribution in [0.3, 0.4) is 0 Å². The Labute approximate surface area is 113 Å². The fraction of sp³-hybridized carbons (Fsp3) is 1.00. The number of rotatable bonds is 4. The third kappa shape index (κ3) is 3.42. The first-order valence-corrected chi connectivity index (χ1v) is 7.19. The summed E-state index contributed by atoms with van der Waals surface area (Å²) in [5, 5.41) is 13.5. The summed E-state index contributed by atoms with van der Waals surface area (Å²) >= 11 is 0. The van der Waals surface area contributed by atoms with E-state index in [-0.39, 0.29) is 18.2 Å². The number of hydrogen-bond acceptors (Lipinski definition) is 4. The Balaban J connectivity index is 1.94. The van der Waals surface area contributed by atoms with Crippen LogP contribution in [-0.4, -0.2) is 78.8 Å². The van der Waals surface area contributed by atoms with Crippen molar-refractivity contribution in [3.63, 3.8) is 0 Å². The molecule has 0 aliphatic carbocycles. The molecular formula is C13H25F2N3O. The van der Waals surface area contributed by atoms with Crippen LogP contribution in [0.5, 0.6) is 0 Å². The van der Waals surface area contributed by atoms with Crippen molar-refractivity contribution in [3.8, 4) is 0 Å². The van der Waals surface area contributed by atoms with Crippen LogP contribution in [-0.2, 0) is 0 Å². The van der Waals surface area contributed by atoms with Crippen LogP contribution in [0.15, 0.2) is 0 Å². The van der Waals surface area contributed by atoms with E-state index in [0.29, 0.717) is 13.1 Å². The highest BCUT2D eigenvalue weighted by molar-refractivity contribution is 5.00. The molecule has 4 nitrogen and oxygen atoms in total. The number of hydrogen-bond donors (Lipinski definition) is 2. The lowest BCUT2D eigenvalue weighted by Crippen LogP contribution is -2.64. The summed E-state index contributed by atoms with van der Waals surface area (Å²) in [7, 11) is 0. The van der Waals surface area contributed by atoms with Crippen LogP contribution >= 0.6 is 0 Å². The van der Waals surface area contributed by atoms with Gasteiger partial charge in [0.1, 0.15) is 0 Å². The van der Waals surface area contributed by atoms with E-state index in [9.17, 15) is 13.9 Å². The quantitative estimate of drug-likeness (QED) is 0.779. The van der Waals surface area contributed by atoms with E-state index < -0.39 is 6.43 Å². The Hall–Kier alpha value is -0.300. The molecule has 2 aliphatic rings. The minimum absolute atomic E-state index is 0.128. The number of piperidine rings is 1. The largest absolute Gasteiger partial charge is 0.391 e. The van der Waals surface area contributed by atoms with E-state index in [1.165, 1.54) is 0 Å². The molecule has 1 unspecified atom stereocenters. The Morgan fingerprint density at radius 2 is 1.74 bits per heavy atom. The number of aliphatic hydroxyl groups is 1. The third-order valence-electron chi connectivity index (χ3n) is 4.65. The summed E-state index contributed by atoms with van der Waals surface area (Å²) in [4.78, 5) is 4.14. The molecule has 0 saturated carbocycles. The maximum Gasteiger partial charge on any atom is 0.251 e. The van der Waals surface area contributed by atoms with Crippen LogP contribution in [0.4, 0.5) is 8.78 Å². The van der Waals surface area contributed by atoms with Gasteiger partial charge in [0.2, 0.25) is 0 Å². The first kappa shape index (κ1) is 15.1. The van der Waals surface area contributed by atoms with Crippen molar-refractivity contribution in [1.82, 2.24) is 15.1 Å². The van der Waals surface area contributed by atoms with Crippen LogP contribution in [0, 0.1) is 0 Å². The second-order valence-corrected chi connectivity index (χ2v) is 5.71. The van der Waals surface area contributed by atoms with Gasteiger partial charge in [-0.3, -0.25) is 9.80 Å². The molecule has 2 fully saturated rings. The summed E-state index contributed by atoms with van der Waals surface area (Å²) in [5.74, 6) is 0. The molecule has 0 aromatic heterocycles. The van der Waals surface area contributed by atoms with Gasteiger partial charge in [0.25, 0.3) is 6.43 Å². The molecular weight excluding hydrogens is 252 g/mol. The number of halogens is 2. The average Bonchev–Trinajstić information content (AvgIpc) is 2.39. The summed E-state index contributed by atoms with van der Waals surface area (Å²) < 4.78 is 24.7. The van der Waals surface area contributed by atoms with Gasteiger partial charge in [0, 0.05) is 31.7 Å². The molecule has 0 radical (unpaired) electrons. The number of nitrogens with zero attached hydrogens (tertiary/aromatic N) is 2. The van der Waals surface area contributed by atoms with E-state index in [4.69, 9.17) is 0 Å². The molecule has 112 valence electrons. The van der Waals surface area contributed by atoms with E-state index in [0.717, 1.165) is 39.0 Å². The van der Waals surface area contributed by atoms with Crippen molar-refractivity contribution in [2.75, 3.05) is 45.8 Å². The first-order valence-electron chi connectivity index (χ1n) is 7.19. The minimum Gasteiger partial charge on any atom is -0.391 e. The standard InChI is InChI=1S/C13H25F2N3O/c1-11(19)13(2-4-16-5-3-13)18-8-6-17(7-9-18)10-12(14)15/h11-12,16,19H,2-10H2,1H3. The van der Waals surface area contributed by atoms with Crippen LogP contribution < -0.4 is 5.32 Å². The van der Waals surface area contributed by atoms with Gasteiger partial charge in [0.15, 0.2) is 0 Å². The van der Waals surface area contributed by atoms with Crippen LogP contribution in [0.2, 0.25) is 0 Å². The zero-order valence-corrected chi connectivity index (χ0v) is 11.6. The average molecular weight is 277 g/mol. The predicted octanol–water partition coefficient (Wildman–Crippen LogP) is 0.372. The zero-order chi connectivity index (χ0) is 13.9. The predicted molar refractivity (Wildman–Crippen MR) is 70.5 cm³/mol. The fourth-order valence-corrected chi connectivity index (χ4v) is 3.43. The molecule has 0 aromatic carbocycles. The first-order chi connectivity index (χ1) is 9.04. The number of aliphatic hydroxyl groups excluding tert-OH is 1. The lowest BCUT2D eigenvalue weighted by atomic mass is 9.81. The van der Waals surface area contributed by atoms with Gasteiger partial charge in [-0.15, -0.1) is 0 Å². The lowest BCUT2D eigenvalue weighted by molar-refractivity contribution is -0.0671. The van der Waals surface area contributed by atoms with Crippen molar-refractivity contribution in [2.45, 2.75) is 37.8 Å². The van der Waals surface area contributed by atoms with E-state index >= 15 is 0 Å². The topological polar surface area (TPSA) is 38.7 Å². The Morgan fingerprint density at radius 1 is 1.16 bits per heavy atom. The Kier molecular flexibility index (Phi) is 5.11. The number of piperazine rings is 1. The van der Waals surface area contributed by atoms with Crippen LogP contribution in [0.1, 0.15) is 19.8 Å². The van der Waals surface area contributed by atoms with Gasteiger partial charge >= 0.3 is 0 Å². The molecule has 19 heavy (non-hydrogen) atoms. The van der Waals surface area contributed by atoms with Gasteiger partial charge in [-0.2, -0.15) is 0 Å². The van der Waals surface area contributed by atoms with Crippen molar-refractivity contribution >= 4 is 0 Å². The highest BCUT2D eigenvalue weighted by Crippen LogP contribution is 2.31. The minimum atomic E-state index is -2.25. The molecule has 2 saturated heterocycles. The Morgan fingerprint density at radius 3 is 2.21 bits per heavy atom. The molecule has 0 aromatic rings. The van der Waals surface area contributed by atoms with Crippen molar-refractivity contribution in [2.24, 2.45) is 0 Å². The normalized spacial score (nSPS) is 27.6. The Bertz CT molecular complexity index is 275. The second kappa shape index (κ2) is 6.43. The molecule has 2 aliphatic heterocycles. The zero-order valence-electron chi connectivity index (χ0n) is 11.6. The van der Waals surface area contributed by atoms with Gasteiger partial charge in [-0.25, -0.2) is 8.78 Å². The summed E-state index contributed by atoms with van der Waals surface area (Å²) in [6.07, 6.45) is -0.772. The highest BCUT2D eigenvalue weighted by Gasteiger charge is 2.43. The highest BCUT2D eigenvalue weighted by atomic mass is 19.3. The van der Waals surface area contributed by atoms with Gasteiger partial charge < -0.3 is 10.4 Å². The summed E-state index contributed by atoms with van der Waals surface area (Å²) in [5.41, 5.74) is -0.165. The summed E-state index contributed by atoms with van der Waals surface area (Å²) in [6.45, 7) is 6.46. The van der Waals surface area contributed by atoms with E-state index in [2.05, 4.69) is 10.2 Å².